The van der Waals surface area contributed by atoms with Gasteiger partial charge in [-0.2, -0.15) is 17.5 Å². The Balaban J connectivity index is 1.60. The average Bonchev–Trinajstić information content (AvgIpc) is 2.67. The number of hydrogen-bond acceptors (Lipinski definition) is 4. The molecule has 0 bridgehead atoms. The van der Waals surface area contributed by atoms with Gasteiger partial charge in [-0.15, -0.1) is 0 Å². The van der Waals surface area contributed by atoms with Crippen molar-refractivity contribution in [3.63, 3.8) is 0 Å². The van der Waals surface area contributed by atoms with Crippen LogP contribution in [0.3, 0.4) is 0 Å². The molecule has 1 aliphatic rings. The number of rotatable bonds is 3. The number of benzene rings is 1. The van der Waals surface area contributed by atoms with Gasteiger partial charge in [0.2, 0.25) is 10.0 Å². The number of sulfonamides is 1. The third-order valence-electron chi connectivity index (χ3n) is 4.87. The zero-order valence-corrected chi connectivity index (χ0v) is 15.9. The molecule has 0 aliphatic carbocycles. The highest BCUT2D eigenvalue weighted by atomic mass is 32.2. The number of hydrogen-bond donors (Lipinski definition) is 0. The topological polar surface area (TPSA) is 71.8 Å². The van der Waals surface area contributed by atoms with Crippen molar-refractivity contribution < 1.29 is 21.6 Å². The molecule has 0 fully saturated rings. The van der Waals surface area contributed by atoms with Gasteiger partial charge < -0.3 is 0 Å². The maximum atomic E-state index is 12.8. The van der Waals surface area contributed by atoms with Crippen molar-refractivity contribution >= 4 is 15.7 Å². The molecular weight excluding hydrogens is 407 g/mol. The molecule has 0 unspecified atom stereocenters. The van der Waals surface area contributed by atoms with Gasteiger partial charge in [0.15, 0.2) is 0 Å². The van der Waals surface area contributed by atoms with Gasteiger partial charge in [0.1, 0.15) is 5.65 Å². The van der Waals surface area contributed by atoms with E-state index in [1.807, 2.05) is 0 Å². The summed E-state index contributed by atoms with van der Waals surface area (Å²) in [7, 11) is -3.82. The normalized spacial score (nSPS) is 15.4. The van der Waals surface area contributed by atoms with Crippen molar-refractivity contribution in [2.45, 2.75) is 24.9 Å². The minimum atomic E-state index is -4.48. The highest BCUT2D eigenvalue weighted by molar-refractivity contribution is 7.88. The summed E-state index contributed by atoms with van der Waals surface area (Å²) in [6.07, 6.45) is -2.62. The summed E-state index contributed by atoms with van der Waals surface area (Å²) in [6.45, 7) is 0.0490. The molecule has 0 saturated heterocycles. The van der Waals surface area contributed by atoms with E-state index in [4.69, 9.17) is 0 Å². The third-order valence-corrected chi connectivity index (χ3v) is 6.67. The number of aromatic nitrogens is 2. The van der Waals surface area contributed by atoms with Crippen molar-refractivity contribution in [3.8, 4) is 0 Å². The molecule has 10 heteroatoms. The van der Waals surface area contributed by atoms with Crippen LogP contribution in [-0.4, -0.2) is 28.7 Å². The smallest absolute Gasteiger partial charge is 0.269 e. The monoisotopic (exact) mass is 423 g/mol. The number of halogens is 3. The largest absolute Gasteiger partial charge is 0.416 e. The van der Waals surface area contributed by atoms with Crippen molar-refractivity contribution in [1.82, 2.24) is 13.7 Å². The van der Waals surface area contributed by atoms with E-state index in [0.717, 1.165) is 24.3 Å². The minimum absolute atomic E-state index is 0.109. The van der Waals surface area contributed by atoms with Gasteiger partial charge in [0.25, 0.3) is 5.56 Å². The fourth-order valence-corrected chi connectivity index (χ4v) is 4.84. The molecule has 0 N–H and O–H groups in total. The Morgan fingerprint density at radius 3 is 2.48 bits per heavy atom. The Kier molecular flexibility index (Phi) is 4.70. The molecule has 1 aromatic carbocycles. The molecule has 0 spiro atoms. The van der Waals surface area contributed by atoms with Crippen LogP contribution < -0.4 is 5.56 Å². The van der Waals surface area contributed by atoms with Crippen molar-refractivity contribution in [3.05, 3.63) is 81.4 Å². The Morgan fingerprint density at radius 2 is 1.79 bits per heavy atom. The quantitative estimate of drug-likeness (QED) is 0.649. The van der Waals surface area contributed by atoms with E-state index < -0.39 is 27.5 Å². The zero-order chi connectivity index (χ0) is 20.8. The summed E-state index contributed by atoms with van der Waals surface area (Å²) in [5, 5.41) is 0. The van der Waals surface area contributed by atoms with Crippen LogP contribution in [0.1, 0.15) is 22.4 Å². The second-order valence-electron chi connectivity index (χ2n) is 6.81. The van der Waals surface area contributed by atoms with E-state index in [1.165, 1.54) is 8.71 Å². The Morgan fingerprint density at radius 1 is 1.07 bits per heavy atom. The summed E-state index contributed by atoms with van der Waals surface area (Å²) in [5.41, 5.74) is 0.476. The molecular formula is C19H16F3N3O3S. The van der Waals surface area contributed by atoms with E-state index in [0.29, 0.717) is 23.3 Å². The van der Waals surface area contributed by atoms with Gasteiger partial charge in [-0.1, -0.05) is 18.2 Å². The van der Waals surface area contributed by atoms with Gasteiger partial charge in [0.05, 0.1) is 22.6 Å². The molecule has 0 atom stereocenters. The first kappa shape index (κ1) is 19.6. The van der Waals surface area contributed by atoms with Crippen LogP contribution in [0.4, 0.5) is 13.2 Å². The van der Waals surface area contributed by atoms with Gasteiger partial charge >= 0.3 is 6.18 Å². The molecule has 1 aliphatic heterocycles. The predicted octanol–water partition coefficient (Wildman–Crippen LogP) is 2.60. The lowest BCUT2D eigenvalue weighted by molar-refractivity contribution is -0.137. The number of pyridine rings is 1. The molecule has 3 aromatic rings. The van der Waals surface area contributed by atoms with Crippen molar-refractivity contribution in [2.24, 2.45) is 0 Å². The lowest BCUT2D eigenvalue weighted by Gasteiger charge is -2.27. The second-order valence-corrected chi connectivity index (χ2v) is 8.77. The van der Waals surface area contributed by atoms with Gasteiger partial charge in [-0.25, -0.2) is 13.4 Å². The summed E-state index contributed by atoms with van der Waals surface area (Å²) >= 11 is 0. The summed E-state index contributed by atoms with van der Waals surface area (Å²) in [6, 6.07) is 9.18. The zero-order valence-electron chi connectivity index (χ0n) is 15.1. The van der Waals surface area contributed by atoms with Gasteiger partial charge in [-0.3, -0.25) is 9.20 Å². The van der Waals surface area contributed by atoms with Crippen LogP contribution in [0.15, 0.2) is 53.5 Å². The fraction of sp³-hybridized carbons (Fsp3) is 0.263. The average molecular weight is 423 g/mol. The Bertz CT molecular complexity index is 1240. The molecule has 3 heterocycles. The lowest BCUT2D eigenvalue weighted by atomic mass is 10.1. The van der Waals surface area contributed by atoms with E-state index in [1.54, 1.807) is 24.4 Å². The standard InChI is InChI=1S/C19H16F3N3O3S/c20-19(21,22)14-6-4-13(5-7-14)12-29(27,28)24-10-8-16-15(11-24)18(26)25-9-2-1-3-17(25)23-16/h1-7,9H,8,10-12H2. The van der Waals surface area contributed by atoms with Crippen LogP contribution >= 0.6 is 0 Å². The van der Waals surface area contributed by atoms with E-state index in [2.05, 4.69) is 4.98 Å². The van der Waals surface area contributed by atoms with Crippen LogP contribution in [0.25, 0.3) is 5.65 Å². The summed E-state index contributed by atoms with van der Waals surface area (Å²) in [5.74, 6) is -0.442. The molecule has 0 amide bonds. The van der Waals surface area contributed by atoms with Crippen LogP contribution in [0, 0.1) is 0 Å². The van der Waals surface area contributed by atoms with E-state index in [9.17, 15) is 26.4 Å². The first-order valence-corrected chi connectivity index (χ1v) is 10.4. The van der Waals surface area contributed by atoms with Gasteiger partial charge in [0, 0.05) is 25.7 Å². The number of fused-ring (bicyclic) bond motifs is 2. The maximum absolute atomic E-state index is 12.8. The maximum Gasteiger partial charge on any atom is 0.416 e. The lowest BCUT2D eigenvalue weighted by Crippen LogP contribution is -2.40. The third kappa shape index (κ3) is 3.77. The van der Waals surface area contributed by atoms with Crippen LogP contribution in [0.5, 0.6) is 0 Å². The van der Waals surface area contributed by atoms with Crippen molar-refractivity contribution in [2.75, 3.05) is 6.54 Å². The SMILES string of the molecule is O=c1c2c(nc3ccccn13)CCN(S(=O)(=O)Cc1ccc(C(F)(F)F)cc1)C2. The molecule has 2 aromatic heterocycles. The molecule has 152 valence electrons. The number of nitrogens with zero attached hydrogens (tertiary/aromatic N) is 3. The Labute approximate surface area is 164 Å². The molecule has 29 heavy (non-hydrogen) atoms. The molecule has 4 rings (SSSR count). The van der Waals surface area contributed by atoms with E-state index >= 15 is 0 Å². The first-order chi connectivity index (χ1) is 13.6. The van der Waals surface area contributed by atoms with Crippen LogP contribution in [-0.2, 0) is 34.9 Å². The van der Waals surface area contributed by atoms with Gasteiger partial charge in [-0.05, 0) is 29.8 Å². The van der Waals surface area contributed by atoms with Crippen LogP contribution in [0.2, 0.25) is 0 Å². The minimum Gasteiger partial charge on any atom is -0.269 e. The summed E-state index contributed by atoms with van der Waals surface area (Å²) in [4.78, 5) is 17.2. The molecule has 0 radical (unpaired) electrons. The van der Waals surface area contributed by atoms with E-state index in [-0.39, 0.29) is 24.2 Å². The molecule has 6 nitrogen and oxygen atoms in total. The molecule has 0 saturated carbocycles. The highest BCUT2D eigenvalue weighted by Gasteiger charge is 2.32. The summed E-state index contributed by atoms with van der Waals surface area (Å²) < 4.78 is 66.2. The van der Waals surface area contributed by atoms with Crippen molar-refractivity contribution in [1.29, 1.82) is 0 Å². The number of alkyl halides is 3. The highest BCUT2D eigenvalue weighted by Crippen LogP contribution is 2.29. The second kappa shape index (κ2) is 6.96. The Hall–Kier alpha value is -2.72. The fourth-order valence-electron chi connectivity index (χ4n) is 3.35. The predicted molar refractivity (Wildman–Crippen MR) is 99.6 cm³/mol. The first-order valence-electron chi connectivity index (χ1n) is 8.78.